The van der Waals surface area contributed by atoms with Gasteiger partial charge < -0.3 is 14.8 Å². The highest BCUT2D eigenvalue weighted by molar-refractivity contribution is 5.76. The minimum Gasteiger partial charge on any atom is -0.487 e. The van der Waals surface area contributed by atoms with E-state index in [4.69, 9.17) is 21.2 Å². The monoisotopic (exact) mass is 318 g/mol. The van der Waals surface area contributed by atoms with E-state index >= 15 is 0 Å². The second-order valence-corrected chi connectivity index (χ2v) is 4.73. The topological polar surface area (TPSA) is 71.3 Å². The van der Waals surface area contributed by atoms with Crippen LogP contribution in [0.4, 0.5) is 4.39 Å². The number of amides is 1. The number of rotatable bonds is 9. The number of ether oxygens (including phenoxy) is 2. The van der Waals surface area contributed by atoms with Crippen molar-refractivity contribution in [3.63, 3.8) is 0 Å². The molecule has 0 saturated carbocycles. The molecule has 0 aliphatic heterocycles. The maximum Gasteiger partial charge on any atom is 0.221 e. The lowest BCUT2D eigenvalue weighted by Crippen LogP contribution is -2.31. The van der Waals surface area contributed by atoms with Gasteiger partial charge in [-0.2, -0.15) is 5.26 Å². The Kier molecular flexibility index (Phi) is 8.02. The van der Waals surface area contributed by atoms with Gasteiger partial charge in [0.1, 0.15) is 25.9 Å². The maximum atomic E-state index is 12.3. The number of nitrogens with one attached hydrogen (secondary N) is 1. The number of nitriles is 1. The van der Waals surface area contributed by atoms with E-state index in [1.807, 2.05) is 6.07 Å². The van der Waals surface area contributed by atoms with Crippen LogP contribution in [-0.4, -0.2) is 31.8 Å². The summed E-state index contributed by atoms with van der Waals surface area (Å²) < 4.78 is 22.9. The van der Waals surface area contributed by atoms with Gasteiger partial charge in [0.2, 0.25) is 5.91 Å². The molecule has 1 N–H and O–H groups in total. The molecular formula is C17H19FN2O3. The van der Waals surface area contributed by atoms with E-state index in [2.05, 4.69) is 11.2 Å². The van der Waals surface area contributed by atoms with Gasteiger partial charge in [-0.1, -0.05) is 12.0 Å². The summed E-state index contributed by atoms with van der Waals surface area (Å²) in [7, 11) is 0. The maximum absolute atomic E-state index is 12.3. The Morgan fingerprint density at radius 3 is 2.87 bits per heavy atom. The molecule has 0 aliphatic carbocycles. The molecule has 6 heteroatoms. The lowest BCUT2D eigenvalue weighted by atomic mass is 10.1. The highest BCUT2D eigenvalue weighted by Gasteiger charge is 2.10. The summed E-state index contributed by atoms with van der Waals surface area (Å²) in [5, 5.41) is 11.2. The smallest absolute Gasteiger partial charge is 0.221 e. The van der Waals surface area contributed by atoms with Crippen LogP contribution in [0.2, 0.25) is 0 Å². The number of carbonyl (C=O) groups is 1. The number of terminal acetylenes is 1. The fourth-order valence-corrected chi connectivity index (χ4v) is 1.81. The number of carbonyl (C=O) groups excluding carboxylic acids is 1. The molecule has 1 amide bonds. The van der Waals surface area contributed by atoms with Crippen LogP contribution < -0.4 is 14.8 Å². The highest BCUT2D eigenvalue weighted by atomic mass is 19.1. The third kappa shape index (κ3) is 6.71. The Balaban J connectivity index is 2.70. The number of nitrogens with zero attached hydrogens (tertiary/aromatic N) is 1. The quantitative estimate of drug-likeness (QED) is 0.707. The first-order valence-corrected chi connectivity index (χ1v) is 7.17. The second-order valence-electron chi connectivity index (χ2n) is 4.73. The van der Waals surface area contributed by atoms with Gasteiger partial charge in [-0.3, -0.25) is 4.79 Å². The van der Waals surface area contributed by atoms with Gasteiger partial charge in [-0.05, 0) is 31.0 Å². The Bertz CT molecular complexity index is 605. The van der Waals surface area contributed by atoms with Crippen LogP contribution in [0.5, 0.6) is 11.5 Å². The Morgan fingerprint density at radius 2 is 2.22 bits per heavy atom. The molecule has 1 atom stereocenters. The molecule has 0 saturated heterocycles. The van der Waals surface area contributed by atoms with Crippen LogP contribution in [0, 0.1) is 23.7 Å². The van der Waals surface area contributed by atoms with E-state index in [-0.39, 0.29) is 25.5 Å². The van der Waals surface area contributed by atoms with Crippen LogP contribution in [-0.2, 0) is 11.2 Å². The van der Waals surface area contributed by atoms with Crippen molar-refractivity contribution >= 4 is 5.91 Å². The first kappa shape index (κ1) is 18.3. The van der Waals surface area contributed by atoms with Gasteiger partial charge in [-0.25, -0.2) is 4.39 Å². The molecule has 0 fully saturated rings. The van der Waals surface area contributed by atoms with E-state index in [9.17, 15) is 9.18 Å². The Labute approximate surface area is 135 Å². The molecule has 0 radical (unpaired) electrons. The minimum absolute atomic E-state index is 0.0831. The van der Waals surface area contributed by atoms with Gasteiger partial charge in [0.15, 0.2) is 11.5 Å². The molecule has 0 spiro atoms. The zero-order valence-electron chi connectivity index (χ0n) is 13.0. The fourth-order valence-electron chi connectivity index (χ4n) is 1.81. The van der Waals surface area contributed by atoms with Gasteiger partial charge in [0, 0.05) is 6.42 Å². The summed E-state index contributed by atoms with van der Waals surface area (Å²) in [6.07, 6.45) is 5.84. The summed E-state index contributed by atoms with van der Waals surface area (Å²) >= 11 is 0. The summed E-state index contributed by atoms with van der Waals surface area (Å²) in [5.74, 6) is 2.96. The number of hydrogen-bond donors (Lipinski definition) is 1. The van der Waals surface area contributed by atoms with Crippen molar-refractivity contribution in [2.75, 3.05) is 19.9 Å². The Hall–Kier alpha value is -2.73. The molecule has 23 heavy (non-hydrogen) atoms. The number of alkyl halides is 1. The molecule has 0 heterocycles. The van der Waals surface area contributed by atoms with Crippen molar-refractivity contribution in [1.82, 2.24) is 5.32 Å². The zero-order chi connectivity index (χ0) is 17.1. The molecule has 0 bridgehead atoms. The van der Waals surface area contributed by atoms with Crippen molar-refractivity contribution in [2.24, 2.45) is 0 Å². The number of benzene rings is 1. The van der Waals surface area contributed by atoms with Crippen LogP contribution >= 0.6 is 0 Å². The largest absolute Gasteiger partial charge is 0.487 e. The lowest BCUT2D eigenvalue weighted by molar-refractivity contribution is -0.121. The van der Waals surface area contributed by atoms with Crippen molar-refractivity contribution in [1.29, 1.82) is 5.26 Å². The zero-order valence-corrected chi connectivity index (χ0v) is 13.0. The summed E-state index contributed by atoms with van der Waals surface area (Å²) in [6.45, 7) is 0.988. The molecular weight excluding hydrogens is 299 g/mol. The predicted octanol–water partition coefficient (Wildman–Crippen LogP) is 2.01. The van der Waals surface area contributed by atoms with E-state index in [1.165, 1.54) is 0 Å². The Morgan fingerprint density at radius 1 is 1.43 bits per heavy atom. The molecule has 1 rings (SSSR count). The number of hydrogen-bond acceptors (Lipinski definition) is 4. The van der Waals surface area contributed by atoms with Crippen LogP contribution in [0.25, 0.3) is 0 Å². The second kappa shape index (κ2) is 10.1. The normalized spacial score (nSPS) is 11.0. The molecule has 5 nitrogen and oxygen atoms in total. The van der Waals surface area contributed by atoms with Gasteiger partial charge in [0.05, 0.1) is 6.07 Å². The van der Waals surface area contributed by atoms with Crippen molar-refractivity contribution in [3.8, 4) is 29.9 Å². The molecule has 122 valence electrons. The van der Waals surface area contributed by atoms with E-state index < -0.39 is 12.7 Å². The average Bonchev–Trinajstić information content (AvgIpc) is 2.56. The fraction of sp³-hybridized carbons (Fsp3) is 0.412. The minimum atomic E-state index is -0.618. The first-order valence-electron chi connectivity index (χ1n) is 7.17. The van der Waals surface area contributed by atoms with Gasteiger partial charge in [-0.15, -0.1) is 6.42 Å². The number of halogens is 1. The van der Waals surface area contributed by atoms with Crippen molar-refractivity contribution < 1.29 is 18.7 Å². The standard InChI is InChI=1S/C17H19FN2O3/c1-3-9-22-15-6-4-14(11-16(15)23-10-8-18)5-7-17(21)20-13(2)12-19/h1,4,6,11,13H,5,7-10H2,2H3,(H,20,21). The summed E-state index contributed by atoms with van der Waals surface area (Å²) in [4.78, 5) is 11.7. The molecule has 1 aromatic rings. The molecule has 1 unspecified atom stereocenters. The van der Waals surface area contributed by atoms with Crippen LogP contribution in [0.1, 0.15) is 18.9 Å². The summed E-state index contributed by atoms with van der Waals surface area (Å²) in [5.41, 5.74) is 0.840. The van der Waals surface area contributed by atoms with E-state index in [0.717, 1.165) is 5.56 Å². The SMILES string of the molecule is C#CCOc1ccc(CCC(=O)NC(C)C#N)cc1OCCF. The van der Waals surface area contributed by atoms with Crippen molar-refractivity contribution in [2.45, 2.75) is 25.8 Å². The highest BCUT2D eigenvalue weighted by Crippen LogP contribution is 2.29. The molecule has 0 aromatic heterocycles. The molecule has 0 aliphatic rings. The van der Waals surface area contributed by atoms with Gasteiger partial charge in [0.25, 0.3) is 0 Å². The van der Waals surface area contributed by atoms with Crippen molar-refractivity contribution in [3.05, 3.63) is 23.8 Å². The van der Waals surface area contributed by atoms with E-state index in [0.29, 0.717) is 17.9 Å². The predicted molar refractivity (Wildman–Crippen MR) is 83.8 cm³/mol. The first-order chi connectivity index (χ1) is 11.1. The summed E-state index contributed by atoms with van der Waals surface area (Å²) in [6, 6.07) is 6.57. The third-order valence-corrected chi connectivity index (χ3v) is 2.87. The third-order valence-electron chi connectivity index (χ3n) is 2.87. The average molecular weight is 318 g/mol. The van der Waals surface area contributed by atoms with Crippen LogP contribution in [0.3, 0.4) is 0 Å². The molecule has 1 aromatic carbocycles. The lowest BCUT2D eigenvalue weighted by Gasteiger charge is -2.12. The van der Waals surface area contributed by atoms with Crippen LogP contribution in [0.15, 0.2) is 18.2 Å². The van der Waals surface area contributed by atoms with Gasteiger partial charge >= 0.3 is 0 Å². The number of aryl methyl sites for hydroxylation is 1. The van der Waals surface area contributed by atoms with E-state index in [1.54, 1.807) is 25.1 Å².